The summed E-state index contributed by atoms with van der Waals surface area (Å²) in [6.07, 6.45) is 0. The zero-order valence-electron chi connectivity index (χ0n) is 11.3. The summed E-state index contributed by atoms with van der Waals surface area (Å²) in [4.78, 5) is 0. The fourth-order valence-electron chi connectivity index (χ4n) is 2.02. The standard InChI is InChI=1S/C16H15Cl2FO/c1-3-20-15-7-5-4-6-11(15)16(18)12-8-10(2)14(19)9-13(12)17/h4-9,16H,3H2,1-2H3. The first-order valence-electron chi connectivity index (χ1n) is 6.36. The molecule has 0 saturated carbocycles. The van der Waals surface area contributed by atoms with Gasteiger partial charge in [0.1, 0.15) is 11.6 Å². The molecule has 0 spiro atoms. The van der Waals surface area contributed by atoms with E-state index >= 15 is 0 Å². The first-order chi connectivity index (χ1) is 9.54. The van der Waals surface area contributed by atoms with Gasteiger partial charge in [0.2, 0.25) is 0 Å². The molecular formula is C16H15Cl2FO. The fraction of sp³-hybridized carbons (Fsp3) is 0.250. The lowest BCUT2D eigenvalue weighted by molar-refractivity contribution is 0.337. The molecule has 0 heterocycles. The summed E-state index contributed by atoms with van der Waals surface area (Å²) in [5.41, 5.74) is 2.02. The van der Waals surface area contributed by atoms with E-state index in [1.165, 1.54) is 6.07 Å². The smallest absolute Gasteiger partial charge is 0.127 e. The Bertz CT molecular complexity index is 613. The molecule has 0 aliphatic rings. The Morgan fingerprint density at radius 3 is 2.60 bits per heavy atom. The van der Waals surface area contributed by atoms with Crippen molar-refractivity contribution in [2.75, 3.05) is 6.61 Å². The molecular weight excluding hydrogens is 298 g/mol. The minimum Gasteiger partial charge on any atom is -0.494 e. The molecule has 1 atom stereocenters. The second-order valence-corrected chi connectivity index (χ2v) is 5.30. The van der Waals surface area contributed by atoms with Crippen LogP contribution in [0.4, 0.5) is 4.39 Å². The predicted molar refractivity (Wildman–Crippen MR) is 81.5 cm³/mol. The van der Waals surface area contributed by atoms with Crippen LogP contribution in [0.2, 0.25) is 5.02 Å². The van der Waals surface area contributed by atoms with Crippen molar-refractivity contribution in [3.63, 3.8) is 0 Å². The molecule has 0 aromatic heterocycles. The van der Waals surface area contributed by atoms with Crippen LogP contribution in [0.25, 0.3) is 0 Å². The lowest BCUT2D eigenvalue weighted by Crippen LogP contribution is -2.01. The van der Waals surface area contributed by atoms with Gasteiger partial charge in [0.25, 0.3) is 0 Å². The average Bonchev–Trinajstić information content (AvgIpc) is 2.43. The minimum absolute atomic E-state index is 0.319. The van der Waals surface area contributed by atoms with E-state index in [2.05, 4.69) is 0 Å². The van der Waals surface area contributed by atoms with Crippen molar-refractivity contribution in [1.29, 1.82) is 0 Å². The van der Waals surface area contributed by atoms with Crippen molar-refractivity contribution in [2.45, 2.75) is 19.2 Å². The third-order valence-electron chi connectivity index (χ3n) is 3.04. The van der Waals surface area contributed by atoms with E-state index in [1.54, 1.807) is 13.0 Å². The highest BCUT2D eigenvalue weighted by molar-refractivity contribution is 6.33. The van der Waals surface area contributed by atoms with Crippen molar-refractivity contribution < 1.29 is 9.13 Å². The lowest BCUT2D eigenvalue weighted by Gasteiger charge is -2.17. The number of hydrogen-bond donors (Lipinski definition) is 0. The van der Waals surface area contributed by atoms with Gasteiger partial charge < -0.3 is 4.74 Å². The van der Waals surface area contributed by atoms with Crippen LogP contribution in [0, 0.1) is 12.7 Å². The molecule has 1 nitrogen and oxygen atoms in total. The molecule has 2 rings (SSSR count). The van der Waals surface area contributed by atoms with Crippen LogP contribution in [0.3, 0.4) is 0 Å². The number of halogens is 3. The van der Waals surface area contributed by atoms with Gasteiger partial charge in [-0.1, -0.05) is 29.8 Å². The number of hydrogen-bond acceptors (Lipinski definition) is 1. The summed E-state index contributed by atoms with van der Waals surface area (Å²) in [6.45, 7) is 4.15. The molecule has 2 aromatic carbocycles. The van der Waals surface area contributed by atoms with Crippen molar-refractivity contribution in [3.05, 3.63) is 63.9 Å². The second kappa shape index (κ2) is 6.47. The minimum atomic E-state index is -0.482. The van der Waals surface area contributed by atoms with Gasteiger partial charge in [-0.2, -0.15) is 0 Å². The van der Waals surface area contributed by atoms with Crippen LogP contribution in [-0.4, -0.2) is 6.61 Å². The number of aryl methyl sites for hydroxylation is 1. The number of rotatable bonds is 4. The highest BCUT2D eigenvalue weighted by Gasteiger charge is 2.19. The van der Waals surface area contributed by atoms with Crippen molar-refractivity contribution in [1.82, 2.24) is 0 Å². The van der Waals surface area contributed by atoms with Gasteiger partial charge in [0.15, 0.2) is 0 Å². The van der Waals surface area contributed by atoms with Crippen molar-refractivity contribution >= 4 is 23.2 Å². The van der Waals surface area contributed by atoms with E-state index in [4.69, 9.17) is 27.9 Å². The Morgan fingerprint density at radius 1 is 1.20 bits per heavy atom. The molecule has 1 unspecified atom stereocenters. The molecule has 0 amide bonds. The Balaban J connectivity index is 2.46. The number of benzene rings is 2. The van der Waals surface area contributed by atoms with Crippen molar-refractivity contribution in [2.24, 2.45) is 0 Å². The maximum absolute atomic E-state index is 13.5. The van der Waals surface area contributed by atoms with Crippen LogP contribution in [0.5, 0.6) is 5.75 Å². The predicted octanol–water partition coefficient (Wildman–Crippen LogP) is 5.51. The molecule has 0 aliphatic heterocycles. The zero-order chi connectivity index (χ0) is 14.7. The molecule has 4 heteroatoms. The van der Waals surface area contributed by atoms with Gasteiger partial charge in [0, 0.05) is 10.6 Å². The largest absolute Gasteiger partial charge is 0.494 e. The summed E-state index contributed by atoms with van der Waals surface area (Å²) < 4.78 is 19.0. The Labute approximate surface area is 128 Å². The van der Waals surface area contributed by atoms with Crippen LogP contribution in [0.1, 0.15) is 29.0 Å². The normalized spacial score (nSPS) is 12.2. The maximum Gasteiger partial charge on any atom is 0.127 e. The quantitative estimate of drug-likeness (QED) is 0.676. The van der Waals surface area contributed by atoms with E-state index in [0.29, 0.717) is 28.5 Å². The first-order valence-corrected chi connectivity index (χ1v) is 7.17. The van der Waals surface area contributed by atoms with Crippen LogP contribution in [0.15, 0.2) is 36.4 Å². The van der Waals surface area contributed by atoms with Gasteiger partial charge in [-0.15, -0.1) is 11.6 Å². The van der Waals surface area contributed by atoms with Gasteiger partial charge in [0.05, 0.1) is 12.0 Å². The van der Waals surface area contributed by atoms with Crippen LogP contribution < -0.4 is 4.74 Å². The first kappa shape index (κ1) is 15.1. The van der Waals surface area contributed by atoms with E-state index < -0.39 is 5.38 Å². The third-order valence-corrected chi connectivity index (χ3v) is 3.84. The van der Waals surface area contributed by atoms with Crippen molar-refractivity contribution in [3.8, 4) is 5.75 Å². The summed E-state index contributed by atoms with van der Waals surface area (Å²) >= 11 is 12.6. The Kier molecular flexibility index (Phi) is 4.90. The molecule has 0 aliphatic carbocycles. The highest BCUT2D eigenvalue weighted by atomic mass is 35.5. The van der Waals surface area contributed by atoms with Gasteiger partial charge in [-0.25, -0.2) is 4.39 Å². The zero-order valence-corrected chi connectivity index (χ0v) is 12.8. The van der Waals surface area contributed by atoms with E-state index in [9.17, 15) is 4.39 Å². The summed E-state index contributed by atoms with van der Waals surface area (Å²) in [5, 5.41) is -0.163. The van der Waals surface area contributed by atoms with Crippen LogP contribution >= 0.6 is 23.2 Å². The van der Waals surface area contributed by atoms with Crippen LogP contribution in [-0.2, 0) is 0 Å². The topological polar surface area (TPSA) is 9.23 Å². The van der Waals surface area contributed by atoms with Gasteiger partial charge in [-0.05, 0) is 43.2 Å². The average molecular weight is 313 g/mol. The van der Waals surface area contributed by atoms with E-state index in [-0.39, 0.29) is 5.82 Å². The van der Waals surface area contributed by atoms with E-state index in [1.807, 2.05) is 31.2 Å². The molecule has 0 saturated heterocycles. The second-order valence-electron chi connectivity index (χ2n) is 4.46. The van der Waals surface area contributed by atoms with E-state index in [0.717, 1.165) is 5.56 Å². The summed E-state index contributed by atoms with van der Waals surface area (Å²) in [6, 6.07) is 10.5. The molecule has 0 fully saturated rings. The SMILES string of the molecule is CCOc1ccccc1C(Cl)c1cc(C)c(F)cc1Cl. The fourth-order valence-corrected chi connectivity index (χ4v) is 2.69. The maximum atomic E-state index is 13.5. The summed E-state index contributed by atoms with van der Waals surface area (Å²) in [7, 11) is 0. The monoisotopic (exact) mass is 312 g/mol. The van der Waals surface area contributed by atoms with Gasteiger partial charge >= 0.3 is 0 Å². The summed E-state index contributed by atoms with van der Waals surface area (Å²) in [5.74, 6) is 0.383. The molecule has 0 N–H and O–H groups in total. The number of alkyl halides is 1. The number of para-hydroxylation sites is 1. The Hall–Kier alpha value is -1.25. The highest BCUT2D eigenvalue weighted by Crippen LogP contribution is 2.38. The van der Waals surface area contributed by atoms with Gasteiger partial charge in [-0.3, -0.25) is 0 Å². The molecule has 106 valence electrons. The molecule has 0 bridgehead atoms. The lowest BCUT2D eigenvalue weighted by atomic mass is 10.0. The number of ether oxygens (including phenoxy) is 1. The Morgan fingerprint density at radius 2 is 1.90 bits per heavy atom. The molecule has 0 radical (unpaired) electrons. The molecule has 20 heavy (non-hydrogen) atoms. The third kappa shape index (κ3) is 3.08. The molecule has 2 aromatic rings.